The van der Waals surface area contributed by atoms with Gasteiger partial charge in [-0.3, -0.25) is 9.69 Å². The first kappa shape index (κ1) is 20.3. The molecule has 0 radical (unpaired) electrons. The maximum absolute atomic E-state index is 13.2. The summed E-state index contributed by atoms with van der Waals surface area (Å²) in [5, 5.41) is 8.99. The van der Waals surface area contributed by atoms with E-state index in [-0.39, 0.29) is 17.0 Å². The van der Waals surface area contributed by atoms with Gasteiger partial charge in [-0.25, -0.2) is 4.39 Å². The summed E-state index contributed by atoms with van der Waals surface area (Å²) in [4.78, 5) is 14.5. The van der Waals surface area contributed by atoms with Crippen molar-refractivity contribution < 1.29 is 9.18 Å². The first-order chi connectivity index (χ1) is 13.6. The van der Waals surface area contributed by atoms with Crippen molar-refractivity contribution in [3.8, 4) is 0 Å². The number of hydrogen-bond donors (Lipinski definition) is 0. The van der Waals surface area contributed by atoms with E-state index in [1.165, 1.54) is 29.5 Å². The highest BCUT2D eigenvalue weighted by molar-refractivity contribution is 8.15. The largest absolute Gasteiger partial charge is 0.284 e. The molecule has 0 saturated carbocycles. The Hall–Kier alpha value is -2.47. The van der Waals surface area contributed by atoms with Gasteiger partial charge in [0.25, 0.3) is 0 Å². The molecule has 3 rings (SSSR count). The average molecular weight is 398 g/mol. The Morgan fingerprint density at radius 1 is 1.14 bits per heavy atom. The Balaban J connectivity index is 1.78. The third kappa shape index (κ3) is 5.29. The summed E-state index contributed by atoms with van der Waals surface area (Å²) in [5.41, 5.74) is 3.00. The van der Waals surface area contributed by atoms with Gasteiger partial charge in [-0.2, -0.15) is 5.10 Å². The van der Waals surface area contributed by atoms with Crippen LogP contribution in [0.1, 0.15) is 42.9 Å². The minimum absolute atomic E-state index is 0.0482. The maximum atomic E-state index is 13.2. The lowest BCUT2D eigenvalue weighted by Crippen LogP contribution is -2.31. The molecule has 1 fully saturated rings. The minimum atomic E-state index is -0.289. The van der Waals surface area contributed by atoms with Crippen LogP contribution in [0.3, 0.4) is 0 Å². The number of thioether (sulfide) groups is 1. The van der Waals surface area contributed by atoms with Crippen LogP contribution in [0.5, 0.6) is 0 Å². The van der Waals surface area contributed by atoms with Crippen molar-refractivity contribution in [1.29, 1.82) is 0 Å². The summed E-state index contributed by atoms with van der Waals surface area (Å²) in [5.74, 6) is -0.240. The van der Waals surface area contributed by atoms with Crippen LogP contribution in [0.25, 0.3) is 0 Å². The third-order valence-electron chi connectivity index (χ3n) is 4.52. The van der Waals surface area contributed by atoms with Crippen LogP contribution in [-0.4, -0.2) is 27.4 Å². The molecule has 6 heteroatoms. The average Bonchev–Trinajstić information content (AvgIpc) is 2.98. The normalized spacial score (nSPS) is 18.5. The molecule has 0 aliphatic carbocycles. The number of amidine groups is 1. The number of hydrogen-bond acceptors (Lipinski definition) is 4. The molecule has 0 spiro atoms. The van der Waals surface area contributed by atoms with E-state index in [1.54, 1.807) is 23.2 Å². The van der Waals surface area contributed by atoms with Crippen LogP contribution in [0, 0.1) is 12.7 Å². The van der Waals surface area contributed by atoms with E-state index in [1.807, 2.05) is 31.2 Å². The van der Waals surface area contributed by atoms with Gasteiger partial charge in [-0.05, 0) is 36.6 Å². The lowest BCUT2D eigenvalue weighted by Gasteiger charge is -2.15. The molecular formula is C22H24FN3OS. The zero-order valence-corrected chi connectivity index (χ0v) is 17.0. The quantitative estimate of drug-likeness (QED) is 0.479. The van der Waals surface area contributed by atoms with Crippen molar-refractivity contribution in [2.24, 2.45) is 10.2 Å². The molecule has 1 aliphatic rings. The predicted molar refractivity (Wildman–Crippen MR) is 114 cm³/mol. The molecule has 2 aromatic rings. The van der Waals surface area contributed by atoms with Gasteiger partial charge in [0.05, 0.1) is 18.0 Å². The Bertz CT molecular complexity index is 862. The van der Waals surface area contributed by atoms with Crippen LogP contribution in [-0.2, 0) is 11.3 Å². The molecule has 1 amide bonds. The van der Waals surface area contributed by atoms with Crippen LogP contribution < -0.4 is 0 Å². The van der Waals surface area contributed by atoms with E-state index >= 15 is 0 Å². The zero-order valence-electron chi connectivity index (χ0n) is 16.1. The number of carbonyl (C=O) groups excluding carboxylic acids is 1. The van der Waals surface area contributed by atoms with Gasteiger partial charge in [-0.15, -0.1) is 5.10 Å². The van der Waals surface area contributed by atoms with Crippen molar-refractivity contribution >= 4 is 29.1 Å². The van der Waals surface area contributed by atoms with Crippen LogP contribution >= 0.6 is 11.8 Å². The topological polar surface area (TPSA) is 45.0 Å². The number of aryl methyl sites for hydroxylation is 1. The third-order valence-corrected chi connectivity index (χ3v) is 5.76. The lowest BCUT2D eigenvalue weighted by atomic mass is 10.1. The fourth-order valence-electron chi connectivity index (χ4n) is 2.87. The molecule has 2 aromatic carbocycles. The second-order valence-corrected chi connectivity index (χ2v) is 8.01. The van der Waals surface area contributed by atoms with Crippen LogP contribution in [0.15, 0.2) is 58.7 Å². The molecule has 0 aromatic heterocycles. The molecule has 0 bridgehead atoms. The summed E-state index contributed by atoms with van der Waals surface area (Å²) in [7, 11) is 0. The number of benzene rings is 2. The molecular weight excluding hydrogens is 373 g/mol. The lowest BCUT2D eigenvalue weighted by molar-refractivity contribution is -0.126. The second kappa shape index (κ2) is 9.64. The number of amides is 1. The van der Waals surface area contributed by atoms with Gasteiger partial charge in [0.2, 0.25) is 5.91 Å². The second-order valence-electron chi connectivity index (χ2n) is 6.84. The standard InChI is InChI=1S/C22H24FN3OS/c1-3-4-5-20-21(27)26(15-18-10-12-19(23)13-11-18)22(28-20)25-24-14-17-8-6-16(2)7-9-17/h6-14,20H,3-5,15H2,1-2H3. The number of rotatable bonds is 7. The molecule has 1 atom stereocenters. The first-order valence-corrected chi connectivity index (χ1v) is 10.3. The molecule has 28 heavy (non-hydrogen) atoms. The molecule has 4 nitrogen and oxygen atoms in total. The van der Waals surface area contributed by atoms with Gasteiger partial charge in [-0.1, -0.05) is 73.5 Å². The fraction of sp³-hybridized carbons (Fsp3) is 0.318. The SMILES string of the molecule is CCCCC1SC(=NN=Cc2ccc(C)cc2)N(Cc2ccc(F)cc2)C1=O. The number of nitrogens with zero attached hydrogens (tertiary/aromatic N) is 3. The Kier molecular flexibility index (Phi) is 6.98. The number of halogens is 1. The minimum Gasteiger partial charge on any atom is -0.284 e. The van der Waals surface area contributed by atoms with Gasteiger partial charge in [0, 0.05) is 0 Å². The van der Waals surface area contributed by atoms with Crippen molar-refractivity contribution in [2.45, 2.75) is 44.9 Å². The molecule has 0 N–H and O–H groups in total. The number of unbranched alkanes of at least 4 members (excludes halogenated alkanes) is 1. The van der Waals surface area contributed by atoms with Crippen LogP contribution in [0.4, 0.5) is 4.39 Å². The van der Waals surface area contributed by atoms with Gasteiger partial charge >= 0.3 is 0 Å². The van der Waals surface area contributed by atoms with Crippen molar-refractivity contribution in [1.82, 2.24) is 4.90 Å². The summed E-state index contributed by atoms with van der Waals surface area (Å²) in [6.45, 7) is 4.51. The molecule has 1 saturated heterocycles. The number of carbonyl (C=O) groups is 1. The molecule has 1 heterocycles. The summed E-state index contributed by atoms with van der Waals surface area (Å²) in [6.07, 6.45) is 4.54. The molecule has 1 unspecified atom stereocenters. The highest BCUT2D eigenvalue weighted by Crippen LogP contribution is 2.32. The van der Waals surface area contributed by atoms with E-state index in [4.69, 9.17) is 0 Å². The predicted octanol–water partition coefficient (Wildman–Crippen LogP) is 5.16. The van der Waals surface area contributed by atoms with E-state index in [2.05, 4.69) is 17.1 Å². The summed E-state index contributed by atoms with van der Waals surface area (Å²) in [6, 6.07) is 14.2. The van der Waals surface area contributed by atoms with Crippen molar-refractivity contribution in [2.75, 3.05) is 0 Å². The van der Waals surface area contributed by atoms with Gasteiger partial charge in [0.1, 0.15) is 5.82 Å². The highest BCUT2D eigenvalue weighted by Gasteiger charge is 2.37. The monoisotopic (exact) mass is 397 g/mol. The van der Waals surface area contributed by atoms with Crippen molar-refractivity contribution in [3.63, 3.8) is 0 Å². The highest BCUT2D eigenvalue weighted by atomic mass is 32.2. The van der Waals surface area contributed by atoms with Gasteiger partial charge in [0.15, 0.2) is 5.17 Å². The van der Waals surface area contributed by atoms with E-state index < -0.39 is 0 Å². The summed E-state index contributed by atoms with van der Waals surface area (Å²) < 4.78 is 13.2. The zero-order chi connectivity index (χ0) is 19.9. The van der Waals surface area contributed by atoms with Gasteiger partial charge < -0.3 is 0 Å². The fourth-order valence-corrected chi connectivity index (χ4v) is 4.02. The summed E-state index contributed by atoms with van der Waals surface area (Å²) >= 11 is 1.47. The Morgan fingerprint density at radius 2 is 1.86 bits per heavy atom. The van der Waals surface area contributed by atoms with Crippen molar-refractivity contribution in [3.05, 3.63) is 71.0 Å². The van der Waals surface area contributed by atoms with Crippen LogP contribution in [0.2, 0.25) is 0 Å². The van der Waals surface area contributed by atoms with E-state index in [9.17, 15) is 9.18 Å². The van der Waals surface area contributed by atoms with E-state index in [0.717, 1.165) is 30.4 Å². The van der Waals surface area contributed by atoms with E-state index in [0.29, 0.717) is 11.7 Å². The molecule has 1 aliphatic heterocycles. The molecule has 146 valence electrons. The Morgan fingerprint density at radius 3 is 2.54 bits per heavy atom. The maximum Gasteiger partial charge on any atom is 0.242 e. The Labute approximate surface area is 169 Å². The first-order valence-electron chi connectivity index (χ1n) is 9.47. The smallest absolute Gasteiger partial charge is 0.242 e.